The molecule has 2 nitrogen and oxygen atoms in total. The van der Waals surface area contributed by atoms with Gasteiger partial charge in [0.1, 0.15) is 0 Å². The SMILES string of the molecule is CC#CCC(CC(C)CC)NN. The van der Waals surface area contributed by atoms with Gasteiger partial charge in [-0.2, -0.15) is 0 Å². The van der Waals surface area contributed by atoms with Crippen molar-refractivity contribution in [1.82, 2.24) is 5.43 Å². The van der Waals surface area contributed by atoms with Crippen LogP contribution in [0.5, 0.6) is 0 Å². The van der Waals surface area contributed by atoms with Gasteiger partial charge in [-0.1, -0.05) is 20.3 Å². The largest absolute Gasteiger partial charge is 0.271 e. The maximum atomic E-state index is 5.40. The maximum absolute atomic E-state index is 5.40. The minimum Gasteiger partial charge on any atom is -0.271 e. The van der Waals surface area contributed by atoms with Crippen LogP contribution < -0.4 is 11.3 Å². The lowest BCUT2D eigenvalue weighted by Gasteiger charge is -2.16. The summed E-state index contributed by atoms with van der Waals surface area (Å²) < 4.78 is 0. The molecule has 0 fully saturated rings. The van der Waals surface area contributed by atoms with E-state index < -0.39 is 0 Å². The van der Waals surface area contributed by atoms with E-state index in [9.17, 15) is 0 Å². The summed E-state index contributed by atoms with van der Waals surface area (Å²) in [6, 6.07) is 0.354. The molecule has 0 aliphatic rings. The van der Waals surface area contributed by atoms with Crippen molar-refractivity contribution in [3.8, 4) is 11.8 Å². The summed E-state index contributed by atoms with van der Waals surface area (Å²) in [5.74, 6) is 12.0. The highest BCUT2D eigenvalue weighted by atomic mass is 15.2. The Bertz CT molecular complexity index is 155. The van der Waals surface area contributed by atoms with Gasteiger partial charge in [0.15, 0.2) is 0 Å². The quantitative estimate of drug-likeness (QED) is 0.372. The maximum Gasteiger partial charge on any atom is 0.0322 e. The lowest BCUT2D eigenvalue weighted by molar-refractivity contribution is 0.403. The molecule has 0 aliphatic carbocycles. The Balaban J connectivity index is 3.71. The molecule has 2 unspecified atom stereocenters. The van der Waals surface area contributed by atoms with Crippen LogP contribution in [0.1, 0.15) is 40.0 Å². The molecule has 70 valence electrons. The Morgan fingerprint density at radius 3 is 2.58 bits per heavy atom. The van der Waals surface area contributed by atoms with E-state index in [2.05, 4.69) is 31.1 Å². The summed E-state index contributed by atoms with van der Waals surface area (Å²) in [6.45, 7) is 6.30. The van der Waals surface area contributed by atoms with Crippen molar-refractivity contribution in [1.29, 1.82) is 0 Å². The third-order valence-corrected chi connectivity index (χ3v) is 2.14. The standard InChI is InChI=1S/C10H20N2/c1-4-6-7-10(12-11)8-9(3)5-2/h9-10,12H,5,7-8,11H2,1-3H3. The van der Waals surface area contributed by atoms with E-state index in [0.717, 1.165) is 18.8 Å². The van der Waals surface area contributed by atoms with Gasteiger partial charge in [-0.3, -0.25) is 11.3 Å². The van der Waals surface area contributed by atoms with E-state index in [0.29, 0.717) is 6.04 Å². The highest BCUT2D eigenvalue weighted by molar-refractivity contribution is 4.97. The van der Waals surface area contributed by atoms with Gasteiger partial charge < -0.3 is 0 Å². The average molecular weight is 168 g/mol. The van der Waals surface area contributed by atoms with Crippen LogP contribution in [0.15, 0.2) is 0 Å². The first-order chi connectivity index (χ1) is 5.74. The molecule has 0 spiro atoms. The first-order valence-electron chi connectivity index (χ1n) is 4.60. The minimum atomic E-state index is 0.354. The molecule has 0 aliphatic heterocycles. The third kappa shape index (κ3) is 5.17. The van der Waals surface area contributed by atoms with Crippen molar-refractivity contribution < 1.29 is 0 Å². The molecule has 0 heterocycles. The third-order valence-electron chi connectivity index (χ3n) is 2.14. The molecule has 0 amide bonds. The lowest BCUT2D eigenvalue weighted by Crippen LogP contribution is -2.36. The molecule has 0 aromatic heterocycles. The fourth-order valence-electron chi connectivity index (χ4n) is 1.09. The van der Waals surface area contributed by atoms with Gasteiger partial charge in [-0.05, 0) is 19.3 Å². The number of hydrogen-bond donors (Lipinski definition) is 2. The molecule has 3 N–H and O–H groups in total. The zero-order valence-electron chi connectivity index (χ0n) is 8.35. The van der Waals surface area contributed by atoms with Gasteiger partial charge in [0.2, 0.25) is 0 Å². The number of hydrazine groups is 1. The summed E-state index contributed by atoms with van der Waals surface area (Å²) >= 11 is 0. The second-order valence-electron chi connectivity index (χ2n) is 3.24. The van der Waals surface area contributed by atoms with E-state index in [1.807, 2.05) is 6.92 Å². The predicted molar refractivity (Wildman–Crippen MR) is 53.3 cm³/mol. The summed E-state index contributed by atoms with van der Waals surface area (Å²) in [5.41, 5.74) is 2.80. The topological polar surface area (TPSA) is 38.0 Å². The predicted octanol–water partition coefficient (Wildman–Crippen LogP) is 1.67. The summed E-state index contributed by atoms with van der Waals surface area (Å²) in [7, 11) is 0. The zero-order valence-corrected chi connectivity index (χ0v) is 8.35. The van der Waals surface area contributed by atoms with E-state index in [1.165, 1.54) is 6.42 Å². The molecule has 0 rings (SSSR count). The van der Waals surface area contributed by atoms with Crippen molar-refractivity contribution in [3.63, 3.8) is 0 Å². The molecular formula is C10H20N2. The number of rotatable bonds is 5. The Labute approximate surface area is 75.9 Å². The van der Waals surface area contributed by atoms with Crippen LogP contribution in [-0.2, 0) is 0 Å². The molecular weight excluding hydrogens is 148 g/mol. The van der Waals surface area contributed by atoms with E-state index in [-0.39, 0.29) is 0 Å². The molecule has 0 aromatic rings. The van der Waals surface area contributed by atoms with Crippen molar-refractivity contribution in [2.24, 2.45) is 11.8 Å². The minimum absolute atomic E-state index is 0.354. The van der Waals surface area contributed by atoms with Gasteiger partial charge in [0, 0.05) is 12.5 Å². The van der Waals surface area contributed by atoms with Gasteiger partial charge in [-0.25, -0.2) is 0 Å². The molecule has 2 atom stereocenters. The van der Waals surface area contributed by atoms with Gasteiger partial charge in [-0.15, -0.1) is 11.8 Å². The Morgan fingerprint density at radius 1 is 1.50 bits per heavy atom. The fraction of sp³-hybridized carbons (Fsp3) is 0.800. The number of nitrogens with one attached hydrogen (secondary N) is 1. The van der Waals surface area contributed by atoms with E-state index in [4.69, 9.17) is 5.84 Å². The fourth-order valence-corrected chi connectivity index (χ4v) is 1.09. The molecule has 0 saturated carbocycles. The van der Waals surface area contributed by atoms with Crippen LogP contribution in [0, 0.1) is 17.8 Å². The Hall–Kier alpha value is -0.520. The van der Waals surface area contributed by atoms with E-state index in [1.54, 1.807) is 0 Å². The Morgan fingerprint density at radius 2 is 2.17 bits per heavy atom. The zero-order chi connectivity index (χ0) is 9.40. The van der Waals surface area contributed by atoms with Crippen LogP contribution in [0.25, 0.3) is 0 Å². The highest BCUT2D eigenvalue weighted by Crippen LogP contribution is 2.10. The second kappa shape index (κ2) is 7.15. The second-order valence-corrected chi connectivity index (χ2v) is 3.24. The van der Waals surface area contributed by atoms with Crippen molar-refractivity contribution in [3.05, 3.63) is 0 Å². The van der Waals surface area contributed by atoms with Crippen LogP contribution >= 0.6 is 0 Å². The van der Waals surface area contributed by atoms with Crippen molar-refractivity contribution in [2.45, 2.75) is 46.1 Å². The first-order valence-corrected chi connectivity index (χ1v) is 4.60. The highest BCUT2D eigenvalue weighted by Gasteiger charge is 2.08. The molecule has 0 bridgehead atoms. The van der Waals surface area contributed by atoms with Crippen LogP contribution in [-0.4, -0.2) is 6.04 Å². The molecule has 0 saturated heterocycles. The molecule has 2 heteroatoms. The first kappa shape index (κ1) is 11.5. The lowest BCUT2D eigenvalue weighted by atomic mass is 9.98. The van der Waals surface area contributed by atoms with E-state index >= 15 is 0 Å². The number of hydrogen-bond acceptors (Lipinski definition) is 2. The van der Waals surface area contributed by atoms with Gasteiger partial charge >= 0.3 is 0 Å². The molecule has 0 radical (unpaired) electrons. The van der Waals surface area contributed by atoms with Crippen molar-refractivity contribution >= 4 is 0 Å². The van der Waals surface area contributed by atoms with Crippen molar-refractivity contribution in [2.75, 3.05) is 0 Å². The monoisotopic (exact) mass is 168 g/mol. The average Bonchev–Trinajstić information content (AvgIpc) is 2.11. The smallest absolute Gasteiger partial charge is 0.0322 e. The van der Waals surface area contributed by atoms with Crippen LogP contribution in [0.4, 0.5) is 0 Å². The molecule has 12 heavy (non-hydrogen) atoms. The Kier molecular flexibility index (Phi) is 6.84. The summed E-state index contributed by atoms with van der Waals surface area (Å²) in [6.07, 6.45) is 3.18. The number of nitrogens with two attached hydrogens (primary N) is 1. The van der Waals surface area contributed by atoms with Gasteiger partial charge in [0.05, 0.1) is 0 Å². The molecule has 0 aromatic carbocycles. The summed E-state index contributed by atoms with van der Waals surface area (Å²) in [5, 5.41) is 0. The normalized spacial score (nSPS) is 14.7. The van der Waals surface area contributed by atoms with Crippen LogP contribution in [0.3, 0.4) is 0 Å². The van der Waals surface area contributed by atoms with Crippen LogP contribution in [0.2, 0.25) is 0 Å². The van der Waals surface area contributed by atoms with Gasteiger partial charge in [0.25, 0.3) is 0 Å². The summed E-state index contributed by atoms with van der Waals surface area (Å²) in [4.78, 5) is 0.